The first-order chi connectivity index (χ1) is 7.28. The number of hydrogen-bond acceptors (Lipinski definition) is 2. The van der Waals surface area contributed by atoms with Crippen molar-refractivity contribution < 1.29 is 13.9 Å². The molecule has 0 spiro atoms. The van der Waals surface area contributed by atoms with Crippen LogP contribution >= 0.6 is 15.9 Å². The molecule has 0 fully saturated rings. The van der Waals surface area contributed by atoms with Crippen molar-refractivity contribution in [2.24, 2.45) is 0 Å². The third kappa shape index (κ3) is 4.31. The average Bonchev–Trinajstić information content (AvgIpc) is 2.08. The van der Waals surface area contributed by atoms with Gasteiger partial charge < -0.3 is 4.74 Å². The van der Waals surface area contributed by atoms with Crippen LogP contribution in [0.3, 0.4) is 0 Å². The Labute approximate surface area is 103 Å². The third-order valence-corrected chi connectivity index (χ3v) is 2.36. The van der Waals surface area contributed by atoms with E-state index in [9.17, 15) is 9.18 Å². The second kappa shape index (κ2) is 4.95. The molecule has 1 rings (SSSR count). The Bertz CT molecular complexity index is 396. The molecule has 0 unspecified atom stereocenters. The minimum atomic E-state index is -0.492. The number of carbonyl (C=O) groups is 1. The zero-order valence-corrected chi connectivity index (χ0v) is 11.1. The van der Waals surface area contributed by atoms with Gasteiger partial charge in [-0.25, -0.2) is 4.39 Å². The van der Waals surface area contributed by atoms with E-state index in [1.165, 1.54) is 6.07 Å². The fraction of sp³-hybridized carbons (Fsp3) is 0.417. The molecule has 0 aliphatic heterocycles. The minimum absolute atomic E-state index is 0.149. The van der Waals surface area contributed by atoms with Crippen LogP contribution in [0, 0.1) is 5.82 Å². The monoisotopic (exact) mass is 288 g/mol. The van der Waals surface area contributed by atoms with Crippen LogP contribution in [-0.4, -0.2) is 11.6 Å². The lowest BCUT2D eigenvalue weighted by Gasteiger charge is -2.19. The first-order valence-corrected chi connectivity index (χ1v) is 5.73. The summed E-state index contributed by atoms with van der Waals surface area (Å²) in [6, 6.07) is 4.48. The topological polar surface area (TPSA) is 26.3 Å². The summed E-state index contributed by atoms with van der Waals surface area (Å²) in [4.78, 5) is 11.5. The standard InChI is InChI=1S/C12H14BrFO2/c1-12(2,3)16-11(15)7-8-4-5-10(14)9(13)6-8/h4-6H,7H2,1-3H3. The van der Waals surface area contributed by atoms with E-state index >= 15 is 0 Å². The Morgan fingerprint density at radius 3 is 2.56 bits per heavy atom. The zero-order valence-electron chi connectivity index (χ0n) is 9.51. The van der Waals surface area contributed by atoms with Crippen molar-refractivity contribution >= 4 is 21.9 Å². The molecule has 0 radical (unpaired) electrons. The second-order valence-electron chi connectivity index (χ2n) is 4.51. The van der Waals surface area contributed by atoms with Crippen molar-refractivity contribution in [1.82, 2.24) is 0 Å². The van der Waals surface area contributed by atoms with Crippen molar-refractivity contribution in [2.75, 3.05) is 0 Å². The van der Waals surface area contributed by atoms with Crippen molar-refractivity contribution in [3.63, 3.8) is 0 Å². The summed E-state index contributed by atoms with van der Waals surface area (Å²) in [7, 11) is 0. The molecule has 1 aromatic rings. The highest BCUT2D eigenvalue weighted by Gasteiger charge is 2.16. The van der Waals surface area contributed by atoms with Gasteiger partial charge in [-0.1, -0.05) is 6.07 Å². The van der Waals surface area contributed by atoms with Gasteiger partial charge >= 0.3 is 5.97 Å². The maximum atomic E-state index is 12.9. The number of rotatable bonds is 2. The van der Waals surface area contributed by atoms with E-state index in [1.54, 1.807) is 12.1 Å². The smallest absolute Gasteiger partial charge is 0.310 e. The van der Waals surface area contributed by atoms with Crippen LogP contribution < -0.4 is 0 Å². The molecule has 1 aromatic carbocycles. The van der Waals surface area contributed by atoms with Gasteiger partial charge in [0.25, 0.3) is 0 Å². The largest absolute Gasteiger partial charge is 0.460 e. The van der Waals surface area contributed by atoms with E-state index < -0.39 is 5.60 Å². The zero-order chi connectivity index (χ0) is 12.3. The molecule has 0 N–H and O–H groups in total. The normalized spacial score (nSPS) is 11.3. The maximum absolute atomic E-state index is 12.9. The number of hydrogen-bond donors (Lipinski definition) is 0. The minimum Gasteiger partial charge on any atom is -0.460 e. The molecule has 0 heterocycles. The first kappa shape index (κ1) is 13.2. The lowest BCUT2D eigenvalue weighted by atomic mass is 10.1. The van der Waals surface area contributed by atoms with E-state index in [0.717, 1.165) is 5.56 Å². The van der Waals surface area contributed by atoms with Crippen molar-refractivity contribution in [3.05, 3.63) is 34.1 Å². The summed E-state index contributed by atoms with van der Waals surface area (Å²) in [5.41, 5.74) is 0.233. The van der Waals surface area contributed by atoms with Gasteiger partial charge in [-0.3, -0.25) is 4.79 Å². The van der Waals surface area contributed by atoms with Crippen LogP contribution in [0.1, 0.15) is 26.3 Å². The molecule has 88 valence electrons. The van der Waals surface area contributed by atoms with E-state index in [1.807, 2.05) is 20.8 Å². The number of benzene rings is 1. The van der Waals surface area contributed by atoms with Gasteiger partial charge in [0.05, 0.1) is 10.9 Å². The summed E-state index contributed by atoms with van der Waals surface area (Å²) in [5, 5.41) is 0. The van der Waals surface area contributed by atoms with E-state index in [4.69, 9.17) is 4.74 Å². The second-order valence-corrected chi connectivity index (χ2v) is 5.37. The summed E-state index contributed by atoms with van der Waals surface area (Å²) < 4.78 is 18.5. The van der Waals surface area contributed by atoms with Gasteiger partial charge in [-0.05, 0) is 54.4 Å². The summed E-state index contributed by atoms with van der Waals surface area (Å²) in [6.07, 6.45) is 0.149. The lowest BCUT2D eigenvalue weighted by Crippen LogP contribution is -2.24. The maximum Gasteiger partial charge on any atom is 0.310 e. The van der Waals surface area contributed by atoms with Gasteiger partial charge in [0.2, 0.25) is 0 Å². The van der Waals surface area contributed by atoms with Gasteiger partial charge in [0.15, 0.2) is 0 Å². The fourth-order valence-electron chi connectivity index (χ4n) is 1.19. The highest BCUT2D eigenvalue weighted by molar-refractivity contribution is 9.10. The van der Waals surface area contributed by atoms with Crippen LogP contribution in [0.15, 0.2) is 22.7 Å². The number of carbonyl (C=O) groups excluding carboxylic acids is 1. The molecule has 0 amide bonds. The molecule has 0 saturated heterocycles. The van der Waals surface area contributed by atoms with E-state index in [0.29, 0.717) is 4.47 Å². The van der Waals surface area contributed by atoms with Gasteiger partial charge in [0.1, 0.15) is 11.4 Å². The van der Waals surface area contributed by atoms with Crippen LogP contribution in [0.2, 0.25) is 0 Å². The van der Waals surface area contributed by atoms with E-state index in [2.05, 4.69) is 15.9 Å². The van der Waals surface area contributed by atoms with Crippen LogP contribution in [0.25, 0.3) is 0 Å². The molecule has 0 aliphatic carbocycles. The third-order valence-electron chi connectivity index (χ3n) is 1.75. The number of halogens is 2. The molecule has 4 heteroatoms. The van der Waals surface area contributed by atoms with Crippen LogP contribution in [0.5, 0.6) is 0 Å². The van der Waals surface area contributed by atoms with Gasteiger partial charge in [-0.2, -0.15) is 0 Å². The molecule has 0 bridgehead atoms. The fourth-order valence-corrected chi connectivity index (χ4v) is 1.62. The SMILES string of the molecule is CC(C)(C)OC(=O)Cc1ccc(F)c(Br)c1. The van der Waals surface area contributed by atoms with E-state index in [-0.39, 0.29) is 18.2 Å². The first-order valence-electron chi connectivity index (χ1n) is 4.94. The summed E-state index contributed by atoms with van der Waals surface area (Å²) in [5.74, 6) is -0.654. The van der Waals surface area contributed by atoms with Gasteiger partial charge in [-0.15, -0.1) is 0 Å². The Hall–Kier alpha value is -0.900. The highest BCUT2D eigenvalue weighted by Crippen LogP contribution is 2.18. The predicted molar refractivity (Wildman–Crippen MR) is 63.6 cm³/mol. The molecule has 0 saturated carbocycles. The Morgan fingerprint density at radius 1 is 1.44 bits per heavy atom. The number of ether oxygens (including phenoxy) is 1. The van der Waals surface area contributed by atoms with Crippen molar-refractivity contribution in [1.29, 1.82) is 0 Å². The predicted octanol–water partition coefficient (Wildman–Crippen LogP) is 3.47. The Morgan fingerprint density at radius 2 is 2.06 bits per heavy atom. The molecular formula is C12H14BrFO2. The molecule has 16 heavy (non-hydrogen) atoms. The van der Waals surface area contributed by atoms with Gasteiger partial charge in [0, 0.05) is 0 Å². The van der Waals surface area contributed by atoms with Crippen LogP contribution in [0.4, 0.5) is 4.39 Å². The van der Waals surface area contributed by atoms with Crippen molar-refractivity contribution in [2.45, 2.75) is 32.8 Å². The molecular weight excluding hydrogens is 275 g/mol. The van der Waals surface area contributed by atoms with Crippen molar-refractivity contribution in [3.8, 4) is 0 Å². The average molecular weight is 289 g/mol. The highest BCUT2D eigenvalue weighted by atomic mass is 79.9. The molecule has 0 atom stereocenters. The molecule has 2 nitrogen and oxygen atoms in total. The quantitative estimate of drug-likeness (QED) is 0.779. The Balaban J connectivity index is 2.67. The summed E-state index contributed by atoms with van der Waals surface area (Å²) in [6.45, 7) is 5.43. The molecule has 0 aromatic heterocycles. The Kier molecular flexibility index (Phi) is 4.08. The summed E-state index contributed by atoms with van der Waals surface area (Å²) >= 11 is 3.07. The van der Waals surface area contributed by atoms with Crippen LogP contribution in [-0.2, 0) is 16.0 Å². The molecule has 0 aliphatic rings. The number of esters is 1. The lowest BCUT2D eigenvalue weighted by molar-refractivity contribution is -0.153.